The van der Waals surface area contributed by atoms with E-state index in [1.54, 1.807) is 13.2 Å². The Morgan fingerprint density at radius 1 is 0.390 bits per heavy atom. The van der Waals surface area contributed by atoms with Gasteiger partial charge >= 0.3 is 11.1 Å². The number of nitrogens with one attached hydrogen (secondary N) is 3. The van der Waals surface area contributed by atoms with Crippen molar-refractivity contribution in [2.45, 2.75) is 22.4 Å². The summed E-state index contributed by atoms with van der Waals surface area (Å²) < 4.78 is 0. The van der Waals surface area contributed by atoms with Gasteiger partial charge in [0.2, 0.25) is 0 Å². The lowest BCUT2D eigenvalue weighted by Crippen LogP contribution is -2.31. The lowest BCUT2D eigenvalue weighted by Gasteiger charge is -2.01. The van der Waals surface area contributed by atoms with E-state index in [1.807, 2.05) is 12.5 Å². The van der Waals surface area contributed by atoms with Crippen molar-refractivity contribution in [1.82, 2.24) is 79.7 Å². The molecule has 8 rings (SSSR count). The molecule has 59 heavy (non-hydrogen) atoms. The van der Waals surface area contributed by atoms with Gasteiger partial charge in [0, 0.05) is 0 Å². The van der Waals surface area contributed by atoms with E-state index in [0.717, 1.165) is 0 Å². The summed E-state index contributed by atoms with van der Waals surface area (Å²) in [6.07, 6.45) is 5.40. The summed E-state index contributed by atoms with van der Waals surface area (Å²) in [5, 5.41) is 2.64. The molecule has 0 aliphatic heterocycles. The minimum Gasteiger partial charge on any atom is -0.310 e. The van der Waals surface area contributed by atoms with Crippen LogP contribution in [-0.4, -0.2) is 98.5 Å². The van der Waals surface area contributed by atoms with Crippen LogP contribution in [0, 0.1) is 6.92 Å². The van der Waals surface area contributed by atoms with E-state index in [1.165, 1.54) is 35.3 Å². The Hall–Kier alpha value is -3.26. The zero-order chi connectivity index (χ0) is 43.3. The number of hydrogen-bond acceptors (Lipinski definition) is 19. The summed E-state index contributed by atoms with van der Waals surface area (Å²) in [6.45, 7) is 1.70. The number of hydrogen-bond donors (Lipinski definition) is 3. The van der Waals surface area contributed by atoms with Gasteiger partial charge < -0.3 is 9.97 Å². The summed E-state index contributed by atoms with van der Waals surface area (Å²) in [4.78, 5) is 92.0. The standard InChI is InChI=1S/2C7H3Cl3N4S.C7H3Cl3N4.C7H6N4O3S/c2*1-15-7-13-3(8)2-6(14-7)12-5(10)4(9)11-2;1-2-11-4(8)3-7(12-2)14-6(10)5(9)13-3;1-15-7-10-3-2(4(12)11-7)8-5(13)6(14)9-3/h2*1H3;1H3;1H3,(H,8,13)(H2,9,10,11,12,14). The van der Waals surface area contributed by atoms with E-state index in [0.29, 0.717) is 54.8 Å². The fraction of sp³-hybridized carbons (Fsp3) is 0.143. The quantitative estimate of drug-likeness (QED) is 0.0656. The number of aromatic nitrogens is 16. The molecule has 0 unspecified atom stereocenters. The molecule has 0 aliphatic carbocycles. The number of aromatic amines is 3. The Morgan fingerprint density at radius 3 is 1.20 bits per heavy atom. The highest BCUT2D eigenvalue weighted by atomic mass is 35.5. The first kappa shape index (κ1) is 46.8. The second-order valence-corrected chi connectivity index (χ2v) is 15.8. The van der Waals surface area contributed by atoms with Crippen LogP contribution in [0.1, 0.15) is 5.82 Å². The Kier molecular flexibility index (Phi) is 16.3. The minimum absolute atomic E-state index is 0.0302. The smallest absolute Gasteiger partial charge is 0.310 e. The molecule has 31 heteroatoms. The Balaban J connectivity index is 0.000000150. The Labute approximate surface area is 385 Å². The molecular formula is C28H15Cl9N16O3S3. The Morgan fingerprint density at radius 2 is 0.780 bits per heavy atom. The summed E-state index contributed by atoms with van der Waals surface area (Å²) >= 11 is 55.8. The molecule has 8 aromatic rings. The Bertz CT molecular complexity index is 3000. The number of thioether (sulfide) groups is 3. The van der Waals surface area contributed by atoms with Gasteiger partial charge in [-0.2, -0.15) is 0 Å². The number of aryl methyl sites for hydroxylation is 1. The van der Waals surface area contributed by atoms with Crippen LogP contribution < -0.4 is 16.7 Å². The highest BCUT2D eigenvalue weighted by Crippen LogP contribution is 2.27. The van der Waals surface area contributed by atoms with Gasteiger partial charge in [0.1, 0.15) is 22.4 Å². The first-order valence-corrected chi connectivity index (χ1v) is 22.0. The van der Waals surface area contributed by atoms with E-state index in [9.17, 15) is 14.4 Å². The summed E-state index contributed by atoms with van der Waals surface area (Å²) in [5.41, 5.74) is -0.0547. The predicted molar refractivity (Wildman–Crippen MR) is 234 cm³/mol. The molecular weight excluding hydrogens is 1020 g/mol. The van der Waals surface area contributed by atoms with Crippen LogP contribution in [0.3, 0.4) is 0 Å². The van der Waals surface area contributed by atoms with Crippen molar-refractivity contribution in [3.05, 3.63) is 83.3 Å². The van der Waals surface area contributed by atoms with Crippen LogP contribution >= 0.6 is 140 Å². The molecule has 0 radical (unpaired) electrons. The lowest BCUT2D eigenvalue weighted by atomic mass is 10.5. The van der Waals surface area contributed by atoms with Gasteiger partial charge in [-0.3, -0.25) is 19.4 Å². The predicted octanol–water partition coefficient (Wildman–Crippen LogP) is 7.91. The lowest BCUT2D eigenvalue weighted by molar-refractivity contribution is 0.941. The fourth-order valence-electron chi connectivity index (χ4n) is 3.96. The fourth-order valence-corrected chi connectivity index (χ4v) is 6.57. The van der Waals surface area contributed by atoms with Crippen LogP contribution in [0.2, 0.25) is 46.4 Å². The number of nitrogens with zero attached hydrogens (tertiary/aromatic N) is 13. The summed E-state index contributed by atoms with van der Waals surface area (Å²) in [6, 6.07) is 0. The second kappa shape index (κ2) is 20.5. The zero-order valence-corrected chi connectivity index (χ0v) is 38.4. The third-order valence-electron chi connectivity index (χ3n) is 6.43. The van der Waals surface area contributed by atoms with Crippen molar-refractivity contribution >= 4 is 184 Å². The van der Waals surface area contributed by atoms with Gasteiger partial charge in [-0.1, -0.05) is 140 Å². The van der Waals surface area contributed by atoms with Gasteiger partial charge in [0.25, 0.3) is 5.56 Å². The summed E-state index contributed by atoms with van der Waals surface area (Å²) in [5.74, 6) is 0.509. The third kappa shape index (κ3) is 11.6. The van der Waals surface area contributed by atoms with Crippen LogP contribution in [0.15, 0.2) is 29.9 Å². The molecule has 0 saturated heterocycles. The molecule has 8 aromatic heterocycles. The normalized spacial score (nSPS) is 10.9. The minimum atomic E-state index is -0.869. The number of H-pyrrole nitrogens is 3. The zero-order valence-electron chi connectivity index (χ0n) is 29.2. The first-order valence-electron chi connectivity index (χ1n) is 15.0. The second-order valence-electron chi connectivity index (χ2n) is 10.2. The van der Waals surface area contributed by atoms with Gasteiger partial charge in [-0.25, -0.2) is 64.8 Å². The molecule has 0 saturated carbocycles. The van der Waals surface area contributed by atoms with Crippen molar-refractivity contribution in [3.63, 3.8) is 0 Å². The average molecular weight is 1040 g/mol. The molecule has 3 N–H and O–H groups in total. The molecule has 0 amide bonds. The van der Waals surface area contributed by atoms with E-state index < -0.39 is 16.7 Å². The highest BCUT2D eigenvalue weighted by molar-refractivity contribution is 7.98. The van der Waals surface area contributed by atoms with Gasteiger partial charge in [0.15, 0.2) is 90.0 Å². The molecule has 0 atom stereocenters. The SMILES string of the molecule is CSc1nc(Cl)c2nc(Cl)c(Cl)nc2n1.CSc1nc(Cl)c2nc(Cl)c(Cl)nc2n1.CSc1nc2[nH]c(=O)c(=O)[nH]c2c(=O)[nH]1.Cc1nc(Cl)c2nc(Cl)c(Cl)nc2n1. The molecule has 0 aromatic carbocycles. The number of fused-ring (bicyclic) bond motifs is 4. The van der Waals surface area contributed by atoms with E-state index in [2.05, 4.69) is 79.7 Å². The molecule has 0 fully saturated rings. The molecule has 0 aliphatic rings. The van der Waals surface area contributed by atoms with E-state index in [4.69, 9.17) is 104 Å². The summed E-state index contributed by atoms with van der Waals surface area (Å²) in [7, 11) is 0. The van der Waals surface area contributed by atoms with Crippen molar-refractivity contribution in [1.29, 1.82) is 0 Å². The molecule has 0 spiro atoms. The van der Waals surface area contributed by atoms with Gasteiger partial charge in [0.05, 0.1) is 0 Å². The van der Waals surface area contributed by atoms with Crippen molar-refractivity contribution in [3.8, 4) is 0 Å². The maximum Gasteiger partial charge on any atom is 0.315 e. The molecule has 8 heterocycles. The molecule has 306 valence electrons. The first-order chi connectivity index (χ1) is 27.9. The number of halogens is 9. The third-order valence-corrected chi connectivity index (χ3v) is 10.8. The van der Waals surface area contributed by atoms with Crippen molar-refractivity contribution < 1.29 is 0 Å². The highest BCUT2D eigenvalue weighted by Gasteiger charge is 2.14. The molecule has 19 nitrogen and oxygen atoms in total. The average Bonchev–Trinajstić information content (AvgIpc) is 3.18. The maximum atomic E-state index is 11.4. The monoisotopic (exact) mass is 1030 g/mol. The van der Waals surface area contributed by atoms with Gasteiger partial charge in [-0.15, -0.1) is 0 Å². The van der Waals surface area contributed by atoms with Crippen molar-refractivity contribution in [2.24, 2.45) is 0 Å². The maximum absolute atomic E-state index is 11.4. The van der Waals surface area contributed by atoms with Crippen LogP contribution in [-0.2, 0) is 0 Å². The topological polar surface area (TPSA) is 266 Å². The largest absolute Gasteiger partial charge is 0.315 e. The molecule has 0 bridgehead atoms. The van der Waals surface area contributed by atoms with E-state index >= 15 is 0 Å². The van der Waals surface area contributed by atoms with Crippen LogP contribution in [0.5, 0.6) is 0 Å². The number of rotatable bonds is 3. The van der Waals surface area contributed by atoms with Gasteiger partial charge in [-0.05, 0) is 25.7 Å². The van der Waals surface area contributed by atoms with Crippen molar-refractivity contribution in [2.75, 3.05) is 18.8 Å². The van der Waals surface area contributed by atoms with Crippen LogP contribution in [0.4, 0.5) is 0 Å². The van der Waals surface area contributed by atoms with E-state index in [-0.39, 0.29) is 57.5 Å². The van der Waals surface area contributed by atoms with Crippen LogP contribution in [0.25, 0.3) is 44.7 Å².